The molecule has 0 radical (unpaired) electrons. The lowest BCUT2D eigenvalue weighted by Crippen LogP contribution is -2.43. The Balaban J connectivity index is 2.00. The maximum atomic E-state index is 12.0. The van der Waals surface area contributed by atoms with Crippen LogP contribution in [-0.4, -0.2) is 42.1 Å². The third-order valence-corrected chi connectivity index (χ3v) is 3.97. The molecule has 2 aromatic rings. The average Bonchev–Trinajstić information content (AvgIpc) is 2.62. The average molecular weight is 376 g/mol. The van der Waals surface area contributed by atoms with Gasteiger partial charge in [0.1, 0.15) is 17.9 Å². The molecule has 3 N–H and O–H groups in total. The molecule has 27 heavy (non-hydrogen) atoms. The molecule has 0 aliphatic rings. The van der Waals surface area contributed by atoms with Crippen LogP contribution >= 0.6 is 0 Å². The number of nitrogens with one attached hydrogen (secondary N) is 2. The zero-order valence-corrected chi connectivity index (χ0v) is 15.1. The molecule has 0 spiro atoms. The number of benzene rings is 1. The van der Waals surface area contributed by atoms with Crippen molar-refractivity contribution in [3.63, 3.8) is 0 Å². The smallest absolute Gasteiger partial charge is 0.339 e. The van der Waals surface area contributed by atoms with Crippen molar-refractivity contribution in [3.05, 3.63) is 39.7 Å². The van der Waals surface area contributed by atoms with Gasteiger partial charge in [-0.15, -0.1) is 0 Å². The summed E-state index contributed by atoms with van der Waals surface area (Å²) in [6.07, 6.45) is -0.923. The number of carboxylic acid groups (broad SMARTS) is 1. The van der Waals surface area contributed by atoms with E-state index in [0.29, 0.717) is 16.9 Å². The molecule has 1 aromatic carbocycles. The number of carboxylic acids is 1. The molecule has 2 amide bonds. The number of carbonyl (C=O) groups is 3. The molecule has 9 nitrogen and oxygen atoms in total. The van der Waals surface area contributed by atoms with E-state index in [1.54, 1.807) is 19.1 Å². The second kappa shape index (κ2) is 8.35. The molecule has 2 rings (SSSR count). The quantitative estimate of drug-likeness (QED) is 0.599. The van der Waals surface area contributed by atoms with Crippen molar-refractivity contribution in [1.29, 1.82) is 0 Å². The highest BCUT2D eigenvalue weighted by Crippen LogP contribution is 2.24. The molecule has 0 saturated carbocycles. The van der Waals surface area contributed by atoms with Gasteiger partial charge in [0.25, 0.3) is 5.91 Å². The zero-order valence-electron chi connectivity index (χ0n) is 15.1. The van der Waals surface area contributed by atoms with E-state index in [1.807, 2.05) is 6.92 Å². The van der Waals surface area contributed by atoms with Crippen LogP contribution in [0.25, 0.3) is 11.0 Å². The molecule has 1 heterocycles. The summed E-state index contributed by atoms with van der Waals surface area (Å²) >= 11 is 0. The number of aryl methyl sites for hydroxylation is 1. The summed E-state index contributed by atoms with van der Waals surface area (Å²) in [5, 5.41) is 13.7. The third-order valence-electron chi connectivity index (χ3n) is 3.97. The van der Waals surface area contributed by atoms with Gasteiger partial charge in [-0.3, -0.25) is 14.4 Å². The number of rotatable bonds is 7. The summed E-state index contributed by atoms with van der Waals surface area (Å²) in [6, 6.07) is 4.91. The predicted octanol–water partition coefficient (Wildman–Crippen LogP) is 0.494. The highest BCUT2D eigenvalue weighted by atomic mass is 16.5. The van der Waals surface area contributed by atoms with Crippen LogP contribution in [0.5, 0.6) is 5.75 Å². The van der Waals surface area contributed by atoms with Crippen molar-refractivity contribution in [2.24, 2.45) is 0 Å². The summed E-state index contributed by atoms with van der Waals surface area (Å²) in [6.45, 7) is 4.10. The van der Waals surface area contributed by atoms with E-state index < -0.39 is 36.1 Å². The molecule has 0 fully saturated rings. The Kier molecular flexibility index (Phi) is 6.17. The van der Waals surface area contributed by atoms with Gasteiger partial charge in [-0.2, -0.15) is 0 Å². The predicted molar refractivity (Wildman–Crippen MR) is 95.7 cm³/mol. The second-order valence-corrected chi connectivity index (χ2v) is 5.95. The van der Waals surface area contributed by atoms with Gasteiger partial charge in [0.15, 0.2) is 6.10 Å². The minimum Gasteiger partial charge on any atom is -0.481 e. The Labute approximate surface area is 154 Å². The number of hydrogen-bond acceptors (Lipinski definition) is 6. The Morgan fingerprint density at radius 3 is 2.52 bits per heavy atom. The normalized spacial score (nSPS) is 11.7. The highest BCUT2D eigenvalue weighted by molar-refractivity contribution is 5.88. The van der Waals surface area contributed by atoms with Crippen molar-refractivity contribution in [2.45, 2.75) is 26.9 Å². The fraction of sp³-hybridized carbons (Fsp3) is 0.333. The molecule has 9 heteroatoms. The lowest BCUT2D eigenvalue weighted by molar-refractivity contribution is -0.137. The first-order chi connectivity index (χ1) is 12.7. The van der Waals surface area contributed by atoms with E-state index in [0.717, 1.165) is 10.9 Å². The fourth-order valence-electron chi connectivity index (χ4n) is 2.31. The number of hydrogen-bond donors (Lipinski definition) is 3. The van der Waals surface area contributed by atoms with E-state index in [1.165, 1.54) is 13.0 Å². The molecule has 1 atom stereocenters. The minimum absolute atomic E-state index is 0.326. The second-order valence-electron chi connectivity index (χ2n) is 5.95. The Hall–Kier alpha value is -3.36. The van der Waals surface area contributed by atoms with Gasteiger partial charge in [-0.05, 0) is 38.5 Å². The van der Waals surface area contributed by atoms with Gasteiger partial charge in [-0.25, -0.2) is 4.79 Å². The highest BCUT2D eigenvalue weighted by Gasteiger charge is 2.17. The first-order valence-electron chi connectivity index (χ1n) is 8.16. The van der Waals surface area contributed by atoms with E-state index in [-0.39, 0.29) is 6.54 Å². The molecule has 0 saturated heterocycles. The van der Waals surface area contributed by atoms with Crippen LogP contribution in [0.1, 0.15) is 18.1 Å². The van der Waals surface area contributed by atoms with Crippen LogP contribution < -0.4 is 21.0 Å². The maximum Gasteiger partial charge on any atom is 0.339 e. The maximum absolute atomic E-state index is 12.0. The zero-order chi connectivity index (χ0) is 20.1. The molecule has 144 valence electrons. The number of fused-ring (bicyclic) bond motifs is 1. The molecule has 0 aliphatic heterocycles. The van der Waals surface area contributed by atoms with Crippen molar-refractivity contribution in [1.82, 2.24) is 10.6 Å². The Bertz CT molecular complexity index is 949. The summed E-state index contributed by atoms with van der Waals surface area (Å²) in [4.78, 5) is 45.6. The van der Waals surface area contributed by atoms with Gasteiger partial charge in [0.05, 0.1) is 6.54 Å². The van der Waals surface area contributed by atoms with Crippen molar-refractivity contribution in [2.75, 3.05) is 13.1 Å². The monoisotopic (exact) mass is 376 g/mol. The Morgan fingerprint density at radius 2 is 1.85 bits per heavy atom. The molecular formula is C18H20N2O7. The number of ether oxygens (including phenoxy) is 1. The third kappa shape index (κ3) is 5.06. The fourth-order valence-corrected chi connectivity index (χ4v) is 2.31. The van der Waals surface area contributed by atoms with E-state index in [9.17, 15) is 19.2 Å². The number of carbonyl (C=O) groups excluding carboxylic acids is 2. The molecule has 0 bridgehead atoms. The van der Waals surface area contributed by atoms with Crippen LogP contribution in [0, 0.1) is 13.8 Å². The standard InChI is InChI=1S/C18H20N2O7/c1-9-10(2)18(25)27-14-6-12(4-5-13(9)14)26-11(3)17(24)20-7-15(21)19-8-16(22)23/h4-6,11H,7-8H2,1-3H3,(H,19,21)(H,20,24)(H,22,23)/t11-/m1/s1. The number of aliphatic carboxylic acids is 1. The van der Waals surface area contributed by atoms with Crippen LogP contribution in [0.4, 0.5) is 0 Å². The van der Waals surface area contributed by atoms with Gasteiger partial charge < -0.3 is 24.9 Å². The summed E-state index contributed by atoms with van der Waals surface area (Å²) in [7, 11) is 0. The summed E-state index contributed by atoms with van der Waals surface area (Å²) in [5.41, 5.74) is 1.26. The van der Waals surface area contributed by atoms with Crippen LogP contribution in [0.3, 0.4) is 0 Å². The topological polar surface area (TPSA) is 135 Å². The van der Waals surface area contributed by atoms with Crippen LogP contribution in [0.2, 0.25) is 0 Å². The van der Waals surface area contributed by atoms with E-state index in [2.05, 4.69) is 10.6 Å². The van der Waals surface area contributed by atoms with Crippen LogP contribution in [-0.2, 0) is 14.4 Å². The van der Waals surface area contributed by atoms with Gasteiger partial charge in [0.2, 0.25) is 5.91 Å². The first-order valence-corrected chi connectivity index (χ1v) is 8.16. The van der Waals surface area contributed by atoms with E-state index in [4.69, 9.17) is 14.3 Å². The molecular weight excluding hydrogens is 356 g/mol. The Morgan fingerprint density at radius 1 is 1.15 bits per heavy atom. The van der Waals surface area contributed by atoms with E-state index >= 15 is 0 Å². The van der Waals surface area contributed by atoms with Gasteiger partial charge in [0, 0.05) is 17.0 Å². The molecule has 0 unspecified atom stereocenters. The molecule has 0 aliphatic carbocycles. The van der Waals surface area contributed by atoms with Crippen molar-refractivity contribution >= 4 is 28.8 Å². The lowest BCUT2D eigenvalue weighted by Gasteiger charge is -2.15. The largest absolute Gasteiger partial charge is 0.481 e. The van der Waals surface area contributed by atoms with Gasteiger partial charge in [-0.1, -0.05) is 0 Å². The summed E-state index contributed by atoms with van der Waals surface area (Å²) in [5.74, 6) is -2.04. The van der Waals surface area contributed by atoms with Crippen molar-refractivity contribution in [3.8, 4) is 5.75 Å². The minimum atomic E-state index is -1.18. The lowest BCUT2D eigenvalue weighted by atomic mass is 10.1. The SMILES string of the molecule is Cc1c(C)c2ccc(O[C@H](C)C(=O)NCC(=O)NCC(=O)O)cc2oc1=O. The van der Waals surface area contributed by atoms with Crippen LogP contribution in [0.15, 0.2) is 27.4 Å². The van der Waals surface area contributed by atoms with Gasteiger partial charge >= 0.3 is 11.6 Å². The number of amides is 2. The first kappa shape index (κ1) is 20.0. The summed E-state index contributed by atoms with van der Waals surface area (Å²) < 4.78 is 10.8. The molecule has 1 aromatic heterocycles. The van der Waals surface area contributed by atoms with Crippen molar-refractivity contribution < 1.29 is 28.6 Å².